The Morgan fingerprint density at radius 2 is 1.64 bits per heavy atom. The number of rotatable bonds is 4. The third-order valence-corrected chi connectivity index (χ3v) is 2.96. The molecule has 4 nitrogen and oxygen atoms in total. The van der Waals surface area contributed by atoms with E-state index in [0.29, 0.717) is 25.2 Å². The fraction of sp³-hybridized carbons (Fsp3) is 0.800. The van der Waals surface area contributed by atoms with Gasteiger partial charge >= 0.3 is 11.9 Å². The van der Waals surface area contributed by atoms with Crippen LogP contribution >= 0.6 is 0 Å². The van der Waals surface area contributed by atoms with Crippen LogP contribution in [0.5, 0.6) is 0 Å². The second-order valence-electron chi connectivity index (χ2n) is 3.99. The first kappa shape index (κ1) is 11.0. The lowest BCUT2D eigenvalue weighted by molar-refractivity contribution is -0.143. The molecule has 0 atom stereocenters. The molecule has 14 heavy (non-hydrogen) atoms. The van der Waals surface area contributed by atoms with Gasteiger partial charge in [0.15, 0.2) is 0 Å². The van der Waals surface area contributed by atoms with Gasteiger partial charge in [-0.15, -0.1) is 0 Å². The minimum absolute atomic E-state index is 0.198. The molecule has 1 saturated carbocycles. The van der Waals surface area contributed by atoms with Crippen molar-refractivity contribution in [3.05, 3.63) is 0 Å². The monoisotopic (exact) mass is 200 g/mol. The summed E-state index contributed by atoms with van der Waals surface area (Å²) in [5.74, 6) is -1.25. The van der Waals surface area contributed by atoms with Crippen LogP contribution in [-0.4, -0.2) is 22.2 Å². The Bertz CT molecular complexity index is 216. The van der Waals surface area contributed by atoms with E-state index in [1.807, 2.05) is 0 Å². The van der Waals surface area contributed by atoms with Crippen LogP contribution in [0.25, 0.3) is 0 Å². The van der Waals surface area contributed by atoms with Crippen molar-refractivity contribution < 1.29 is 19.8 Å². The van der Waals surface area contributed by atoms with E-state index in [2.05, 4.69) is 0 Å². The van der Waals surface area contributed by atoms with Crippen LogP contribution in [0.15, 0.2) is 0 Å². The predicted octanol–water partition coefficient (Wildman–Crippen LogP) is 1.74. The van der Waals surface area contributed by atoms with Crippen LogP contribution in [0.4, 0.5) is 0 Å². The van der Waals surface area contributed by atoms with Crippen LogP contribution in [-0.2, 0) is 9.59 Å². The van der Waals surface area contributed by atoms with Gasteiger partial charge in [-0.2, -0.15) is 0 Å². The Hall–Kier alpha value is -1.06. The summed E-state index contributed by atoms with van der Waals surface area (Å²) in [4.78, 5) is 21.0. The topological polar surface area (TPSA) is 74.6 Å². The molecule has 0 amide bonds. The second kappa shape index (κ2) is 4.98. The number of aliphatic carboxylic acids is 2. The Balaban J connectivity index is 2.22. The molecule has 4 heteroatoms. The summed E-state index contributed by atoms with van der Waals surface area (Å²) in [6, 6.07) is 0. The van der Waals surface area contributed by atoms with Crippen molar-refractivity contribution in [1.82, 2.24) is 0 Å². The lowest BCUT2D eigenvalue weighted by atomic mass is 9.80. The van der Waals surface area contributed by atoms with Gasteiger partial charge in [0.1, 0.15) is 0 Å². The van der Waals surface area contributed by atoms with Crippen molar-refractivity contribution in [1.29, 1.82) is 0 Å². The minimum atomic E-state index is -0.759. The first-order valence-electron chi connectivity index (χ1n) is 5.04. The van der Waals surface area contributed by atoms with Crippen molar-refractivity contribution in [2.24, 2.45) is 11.8 Å². The highest BCUT2D eigenvalue weighted by atomic mass is 16.4. The molecule has 0 saturated heterocycles. The zero-order chi connectivity index (χ0) is 10.6. The summed E-state index contributed by atoms with van der Waals surface area (Å²) in [5, 5.41) is 17.2. The summed E-state index contributed by atoms with van der Waals surface area (Å²) in [5.41, 5.74) is 0. The van der Waals surface area contributed by atoms with Gasteiger partial charge in [0.25, 0.3) is 0 Å². The van der Waals surface area contributed by atoms with Gasteiger partial charge in [-0.1, -0.05) is 0 Å². The highest BCUT2D eigenvalue weighted by Gasteiger charge is 2.25. The molecule has 80 valence electrons. The quantitative estimate of drug-likeness (QED) is 0.724. The number of hydrogen-bond donors (Lipinski definition) is 2. The normalized spacial score (nSPS) is 27.1. The summed E-state index contributed by atoms with van der Waals surface area (Å²) in [6.45, 7) is 0. The van der Waals surface area contributed by atoms with E-state index in [0.717, 1.165) is 12.8 Å². The van der Waals surface area contributed by atoms with Gasteiger partial charge in [0.2, 0.25) is 0 Å². The highest BCUT2D eigenvalue weighted by Crippen LogP contribution is 2.31. The highest BCUT2D eigenvalue weighted by molar-refractivity contribution is 5.70. The number of carboxylic acids is 2. The van der Waals surface area contributed by atoms with Crippen LogP contribution in [0.3, 0.4) is 0 Å². The van der Waals surface area contributed by atoms with Crippen molar-refractivity contribution in [2.45, 2.75) is 38.5 Å². The Labute approximate surface area is 82.9 Å². The Kier molecular flexibility index (Phi) is 3.92. The summed E-state index contributed by atoms with van der Waals surface area (Å²) in [7, 11) is 0. The van der Waals surface area contributed by atoms with E-state index < -0.39 is 11.9 Å². The van der Waals surface area contributed by atoms with E-state index >= 15 is 0 Å². The molecule has 2 N–H and O–H groups in total. The molecule has 0 unspecified atom stereocenters. The molecular formula is C10H16O4. The van der Waals surface area contributed by atoms with E-state index in [1.54, 1.807) is 0 Å². The van der Waals surface area contributed by atoms with Gasteiger partial charge in [-0.05, 0) is 38.0 Å². The number of carbonyl (C=O) groups is 2. The van der Waals surface area contributed by atoms with Gasteiger partial charge in [-0.3, -0.25) is 9.59 Å². The smallest absolute Gasteiger partial charge is 0.306 e. The second-order valence-corrected chi connectivity index (χ2v) is 3.99. The number of carboxylic acid groups (broad SMARTS) is 2. The first-order chi connectivity index (χ1) is 6.59. The molecule has 0 aliphatic heterocycles. The summed E-state index contributed by atoms with van der Waals surface area (Å²) in [6.07, 6.45) is 4.05. The van der Waals surface area contributed by atoms with Crippen LogP contribution < -0.4 is 0 Å². The van der Waals surface area contributed by atoms with Crippen molar-refractivity contribution >= 4 is 11.9 Å². The molecule has 0 bridgehead atoms. The lowest BCUT2D eigenvalue weighted by Crippen LogP contribution is -2.21. The maximum atomic E-state index is 10.6. The van der Waals surface area contributed by atoms with Crippen molar-refractivity contribution in [2.75, 3.05) is 0 Å². The van der Waals surface area contributed by atoms with E-state index in [9.17, 15) is 9.59 Å². The molecule has 0 heterocycles. The van der Waals surface area contributed by atoms with Gasteiger partial charge in [-0.25, -0.2) is 0 Å². The molecule has 1 aliphatic carbocycles. The zero-order valence-electron chi connectivity index (χ0n) is 8.11. The van der Waals surface area contributed by atoms with Gasteiger partial charge in [0.05, 0.1) is 5.92 Å². The van der Waals surface area contributed by atoms with Crippen LogP contribution in [0, 0.1) is 11.8 Å². The van der Waals surface area contributed by atoms with Crippen LogP contribution in [0.1, 0.15) is 38.5 Å². The van der Waals surface area contributed by atoms with E-state index in [-0.39, 0.29) is 12.3 Å². The molecule has 1 fully saturated rings. The predicted molar refractivity (Wildman–Crippen MR) is 50.0 cm³/mol. The molecule has 0 aromatic heterocycles. The largest absolute Gasteiger partial charge is 0.481 e. The molecule has 1 rings (SSSR count). The minimum Gasteiger partial charge on any atom is -0.481 e. The number of hydrogen-bond acceptors (Lipinski definition) is 2. The van der Waals surface area contributed by atoms with Crippen molar-refractivity contribution in [3.8, 4) is 0 Å². The molecular weight excluding hydrogens is 184 g/mol. The fourth-order valence-corrected chi connectivity index (χ4v) is 2.03. The van der Waals surface area contributed by atoms with E-state index in [1.165, 1.54) is 0 Å². The molecule has 0 spiro atoms. The summed E-state index contributed by atoms with van der Waals surface area (Å²) >= 11 is 0. The average Bonchev–Trinajstić information content (AvgIpc) is 2.15. The van der Waals surface area contributed by atoms with Gasteiger partial charge < -0.3 is 10.2 Å². The standard InChI is InChI=1S/C10H16O4/c11-9(12)6-3-7-1-4-8(5-2-7)10(13)14/h7-8H,1-6H2,(H,11,12)(H,13,14). The van der Waals surface area contributed by atoms with Gasteiger partial charge in [0, 0.05) is 6.42 Å². The maximum Gasteiger partial charge on any atom is 0.306 e. The summed E-state index contributed by atoms with van der Waals surface area (Å²) < 4.78 is 0. The third kappa shape index (κ3) is 3.36. The fourth-order valence-electron chi connectivity index (χ4n) is 2.03. The Morgan fingerprint density at radius 1 is 1.07 bits per heavy atom. The third-order valence-electron chi connectivity index (χ3n) is 2.96. The van der Waals surface area contributed by atoms with Crippen LogP contribution in [0.2, 0.25) is 0 Å². The first-order valence-corrected chi connectivity index (χ1v) is 5.04. The zero-order valence-corrected chi connectivity index (χ0v) is 8.11. The van der Waals surface area contributed by atoms with Crippen molar-refractivity contribution in [3.63, 3.8) is 0 Å². The molecule has 0 radical (unpaired) electrons. The average molecular weight is 200 g/mol. The maximum absolute atomic E-state index is 10.6. The molecule has 0 aromatic rings. The lowest BCUT2D eigenvalue weighted by Gasteiger charge is -2.25. The molecule has 1 aliphatic rings. The SMILES string of the molecule is O=C(O)CCC1CCC(C(=O)O)CC1. The Morgan fingerprint density at radius 3 is 2.07 bits per heavy atom. The molecule has 0 aromatic carbocycles. The van der Waals surface area contributed by atoms with E-state index in [4.69, 9.17) is 10.2 Å².